The Kier molecular flexibility index (Phi) is 6.13. The standard InChI is InChI=1S/C21H24N2O5/c1-3-27-21(26)15-8-10-23(11-9-15)20(25)16-7-6-14(2)17(13-16)22-19(24)18-5-4-12-28-18/h4-7,12-13,15H,3,8-11H2,1-2H3,(H,22,24). The van der Waals surface area contributed by atoms with Crippen LogP contribution in [0.3, 0.4) is 0 Å². The summed E-state index contributed by atoms with van der Waals surface area (Å²) in [7, 11) is 0. The molecule has 0 unspecified atom stereocenters. The van der Waals surface area contributed by atoms with E-state index in [2.05, 4.69) is 5.32 Å². The molecule has 0 bridgehead atoms. The number of nitrogens with one attached hydrogen (secondary N) is 1. The Labute approximate surface area is 163 Å². The van der Waals surface area contributed by atoms with Crippen LogP contribution in [-0.2, 0) is 9.53 Å². The van der Waals surface area contributed by atoms with Crippen LogP contribution in [0, 0.1) is 12.8 Å². The van der Waals surface area contributed by atoms with Crippen LogP contribution in [0.2, 0.25) is 0 Å². The maximum Gasteiger partial charge on any atom is 0.309 e. The molecule has 1 aromatic carbocycles. The molecule has 1 aliphatic rings. The lowest BCUT2D eigenvalue weighted by molar-refractivity contribution is -0.149. The van der Waals surface area contributed by atoms with Gasteiger partial charge in [0, 0.05) is 24.3 Å². The Morgan fingerprint density at radius 2 is 1.96 bits per heavy atom. The SMILES string of the molecule is CCOC(=O)C1CCN(C(=O)c2ccc(C)c(NC(=O)c3ccco3)c2)CC1. The van der Waals surface area contributed by atoms with Gasteiger partial charge >= 0.3 is 5.97 Å². The molecule has 148 valence electrons. The average molecular weight is 384 g/mol. The number of carbonyl (C=O) groups is 3. The number of carbonyl (C=O) groups excluding carboxylic acids is 3. The summed E-state index contributed by atoms with van der Waals surface area (Å²) in [6.45, 7) is 5.02. The first-order valence-electron chi connectivity index (χ1n) is 9.41. The highest BCUT2D eigenvalue weighted by Crippen LogP contribution is 2.23. The normalized spacial score (nSPS) is 14.6. The zero-order valence-electron chi connectivity index (χ0n) is 16.1. The molecule has 0 spiro atoms. The van der Waals surface area contributed by atoms with Crippen LogP contribution in [0.4, 0.5) is 5.69 Å². The second-order valence-corrected chi connectivity index (χ2v) is 6.78. The van der Waals surface area contributed by atoms with Crippen molar-refractivity contribution in [1.82, 2.24) is 4.90 Å². The Morgan fingerprint density at radius 1 is 1.21 bits per heavy atom. The quantitative estimate of drug-likeness (QED) is 0.800. The van der Waals surface area contributed by atoms with Gasteiger partial charge in [0.15, 0.2) is 5.76 Å². The average Bonchev–Trinajstić information content (AvgIpc) is 3.24. The molecule has 2 amide bonds. The van der Waals surface area contributed by atoms with Gasteiger partial charge in [0.2, 0.25) is 0 Å². The number of benzene rings is 1. The minimum atomic E-state index is -0.368. The van der Waals surface area contributed by atoms with Crippen LogP contribution < -0.4 is 5.32 Å². The largest absolute Gasteiger partial charge is 0.466 e. The van der Waals surface area contributed by atoms with Gasteiger partial charge in [-0.3, -0.25) is 14.4 Å². The van der Waals surface area contributed by atoms with Crippen molar-refractivity contribution in [2.24, 2.45) is 5.92 Å². The van der Waals surface area contributed by atoms with Crippen molar-refractivity contribution in [2.45, 2.75) is 26.7 Å². The highest BCUT2D eigenvalue weighted by atomic mass is 16.5. The molecule has 7 nitrogen and oxygen atoms in total. The summed E-state index contributed by atoms with van der Waals surface area (Å²) in [5.74, 6) is -0.612. The molecule has 28 heavy (non-hydrogen) atoms. The first-order valence-corrected chi connectivity index (χ1v) is 9.41. The number of hydrogen-bond donors (Lipinski definition) is 1. The predicted octanol–water partition coefficient (Wildman–Crippen LogP) is 3.26. The third kappa shape index (κ3) is 4.42. The second kappa shape index (κ2) is 8.73. The van der Waals surface area contributed by atoms with Crippen LogP contribution in [0.25, 0.3) is 0 Å². The zero-order valence-corrected chi connectivity index (χ0v) is 16.1. The number of anilines is 1. The second-order valence-electron chi connectivity index (χ2n) is 6.78. The van der Waals surface area contributed by atoms with E-state index >= 15 is 0 Å². The summed E-state index contributed by atoms with van der Waals surface area (Å²) in [4.78, 5) is 38.7. The van der Waals surface area contributed by atoms with E-state index in [0.717, 1.165) is 5.56 Å². The molecule has 7 heteroatoms. The van der Waals surface area contributed by atoms with Gasteiger partial charge in [0.05, 0.1) is 18.8 Å². The molecule has 1 saturated heterocycles. The van der Waals surface area contributed by atoms with E-state index in [1.165, 1.54) is 6.26 Å². The monoisotopic (exact) mass is 384 g/mol. The first kappa shape index (κ1) is 19.7. The maximum atomic E-state index is 12.9. The minimum absolute atomic E-state index is 0.115. The molecule has 1 fully saturated rings. The Balaban J connectivity index is 1.66. The van der Waals surface area contributed by atoms with Crippen molar-refractivity contribution in [3.63, 3.8) is 0 Å². The van der Waals surface area contributed by atoms with Gasteiger partial charge in [-0.1, -0.05) is 6.07 Å². The van der Waals surface area contributed by atoms with E-state index in [1.54, 1.807) is 42.2 Å². The highest BCUT2D eigenvalue weighted by Gasteiger charge is 2.28. The van der Waals surface area contributed by atoms with Gasteiger partial charge in [0.25, 0.3) is 11.8 Å². The van der Waals surface area contributed by atoms with Crippen molar-refractivity contribution >= 4 is 23.5 Å². The van der Waals surface area contributed by atoms with Gasteiger partial charge < -0.3 is 19.4 Å². The number of piperidine rings is 1. The molecule has 2 aromatic rings. The van der Waals surface area contributed by atoms with E-state index in [1.807, 2.05) is 6.92 Å². The number of aryl methyl sites for hydroxylation is 1. The zero-order chi connectivity index (χ0) is 20.1. The number of esters is 1. The summed E-state index contributed by atoms with van der Waals surface area (Å²) in [6.07, 6.45) is 2.62. The lowest BCUT2D eigenvalue weighted by Crippen LogP contribution is -2.40. The first-order chi connectivity index (χ1) is 13.5. The summed E-state index contributed by atoms with van der Waals surface area (Å²) in [6, 6.07) is 8.44. The smallest absolute Gasteiger partial charge is 0.309 e. The van der Waals surface area contributed by atoms with Crippen LogP contribution in [0.5, 0.6) is 0 Å². The summed E-state index contributed by atoms with van der Waals surface area (Å²) < 4.78 is 10.2. The van der Waals surface area contributed by atoms with Crippen molar-refractivity contribution in [3.8, 4) is 0 Å². The number of furan rings is 1. The lowest BCUT2D eigenvalue weighted by atomic mass is 9.96. The fourth-order valence-corrected chi connectivity index (χ4v) is 3.24. The molecule has 0 saturated carbocycles. The van der Waals surface area contributed by atoms with Gasteiger partial charge in [-0.25, -0.2) is 0 Å². The van der Waals surface area contributed by atoms with E-state index < -0.39 is 0 Å². The van der Waals surface area contributed by atoms with Crippen LogP contribution in [0.15, 0.2) is 41.0 Å². The predicted molar refractivity (Wildman–Crippen MR) is 103 cm³/mol. The molecular weight excluding hydrogens is 360 g/mol. The fraction of sp³-hybridized carbons (Fsp3) is 0.381. The van der Waals surface area contributed by atoms with Crippen molar-refractivity contribution in [3.05, 3.63) is 53.5 Å². The van der Waals surface area contributed by atoms with E-state index in [4.69, 9.17) is 9.15 Å². The topological polar surface area (TPSA) is 88.9 Å². The molecular formula is C21H24N2O5. The van der Waals surface area contributed by atoms with Gasteiger partial charge in [-0.05, 0) is 56.5 Å². The Bertz CT molecular complexity index is 852. The van der Waals surface area contributed by atoms with E-state index in [0.29, 0.717) is 43.8 Å². The van der Waals surface area contributed by atoms with Crippen LogP contribution in [0.1, 0.15) is 46.2 Å². The molecule has 0 radical (unpaired) electrons. The molecule has 3 rings (SSSR count). The van der Waals surface area contributed by atoms with Gasteiger partial charge in [-0.15, -0.1) is 0 Å². The molecule has 1 aliphatic heterocycles. The van der Waals surface area contributed by atoms with Crippen molar-refractivity contribution in [1.29, 1.82) is 0 Å². The maximum absolute atomic E-state index is 12.9. The van der Waals surface area contributed by atoms with Gasteiger partial charge in [0.1, 0.15) is 0 Å². The summed E-state index contributed by atoms with van der Waals surface area (Å²) in [5.41, 5.74) is 1.90. The molecule has 2 heterocycles. The Morgan fingerprint density at radius 3 is 2.61 bits per heavy atom. The van der Waals surface area contributed by atoms with Crippen LogP contribution >= 0.6 is 0 Å². The number of likely N-dealkylation sites (tertiary alicyclic amines) is 1. The Hall–Kier alpha value is -3.09. The third-order valence-corrected chi connectivity index (χ3v) is 4.88. The number of ether oxygens (including phenoxy) is 1. The number of rotatable bonds is 5. The summed E-state index contributed by atoms with van der Waals surface area (Å²) in [5, 5.41) is 2.78. The van der Waals surface area contributed by atoms with Crippen molar-refractivity contribution < 1.29 is 23.5 Å². The molecule has 0 atom stereocenters. The number of nitrogens with zero attached hydrogens (tertiary/aromatic N) is 1. The van der Waals surface area contributed by atoms with Crippen LogP contribution in [-0.4, -0.2) is 42.4 Å². The van der Waals surface area contributed by atoms with Crippen molar-refractivity contribution in [2.75, 3.05) is 25.0 Å². The molecule has 1 aromatic heterocycles. The van der Waals surface area contributed by atoms with Gasteiger partial charge in [-0.2, -0.15) is 0 Å². The number of hydrogen-bond acceptors (Lipinski definition) is 5. The molecule has 0 aliphatic carbocycles. The fourth-order valence-electron chi connectivity index (χ4n) is 3.24. The minimum Gasteiger partial charge on any atom is -0.466 e. The van der Waals surface area contributed by atoms with E-state index in [-0.39, 0.29) is 29.5 Å². The van der Waals surface area contributed by atoms with E-state index in [9.17, 15) is 14.4 Å². The summed E-state index contributed by atoms with van der Waals surface area (Å²) >= 11 is 0. The lowest BCUT2D eigenvalue weighted by Gasteiger charge is -2.31. The number of amides is 2. The highest BCUT2D eigenvalue weighted by molar-refractivity contribution is 6.04. The third-order valence-electron chi connectivity index (χ3n) is 4.88. The molecule has 1 N–H and O–H groups in total.